The number of hydrogen-bond acceptors (Lipinski definition) is 2. The van der Waals surface area contributed by atoms with E-state index in [1.807, 2.05) is 17.0 Å². The third-order valence-electron chi connectivity index (χ3n) is 1.18. The monoisotopic (exact) mass is 107 g/mol. The summed E-state index contributed by atoms with van der Waals surface area (Å²) < 4.78 is 1.99. The second kappa shape index (κ2) is 1.18. The third kappa shape index (κ3) is 0.332. The highest BCUT2D eigenvalue weighted by molar-refractivity contribution is 5.64. The van der Waals surface area contributed by atoms with E-state index in [0.717, 1.165) is 12.5 Å². The van der Waals surface area contributed by atoms with E-state index in [9.17, 15) is 0 Å². The average Bonchev–Trinajstić information content (AvgIpc) is 2.15. The van der Waals surface area contributed by atoms with Gasteiger partial charge in [-0.15, -0.1) is 0 Å². The van der Waals surface area contributed by atoms with Gasteiger partial charge in [0.15, 0.2) is 0 Å². The third-order valence-corrected chi connectivity index (χ3v) is 1.18. The van der Waals surface area contributed by atoms with Crippen molar-refractivity contribution in [1.29, 1.82) is 0 Å². The van der Waals surface area contributed by atoms with E-state index >= 15 is 0 Å². The van der Waals surface area contributed by atoms with Gasteiger partial charge >= 0.3 is 0 Å². The molecule has 0 bridgehead atoms. The van der Waals surface area contributed by atoms with E-state index in [2.05, 4.69) is 9.98 Å². The van der Waals surface area contributed by atoms with E-state index < -0.39 is 0 Å². The molecular formula is C5H5N3. The molecule has 1 aromatic heterocycles. The van der Waals surface area contributed by atoms with Crippen molar-refractivity contribution in [3.05, 3.63) is 12.4 Å². The van der Waals surface area contributed by atoms with Crippen molar-refractivity contribution in [3.8, 4) is 0 Å². The van der Waals surface area contributed by atoms with Crippen molar-refractivity contribution in [2.45, 2.75) is 6.54 Å². The summed E-state index contributed by atoms with van der Waals surface area (Å²) in [6.07, 6.45) is 5.52. The summed E-state index contributed by atoms with van der Waals surface area (Å²) in [4.78, 5) is 7.95. The molecule has 0 saturated carbocycles. The second-order valence-electron chi connectivity index (χ2n) is 1.69. The van der Waals surface area contributed by atoms with E-state index in [1.54, 1.807) is 6.20 Å². The quantitative estimate of drug-likeness (QED) is 0.477. The Morgan fingerprint density at radius 3 is 3.50 bits per heavy atom. The molecule has 0 atom stereocenters. The second-order valence-corrected chi connectivity index (χ2v) is 1.69. The summed E-state index contributed by atoms with van der Waals surface area (Å²) in [5.41, 5.74) is 0. The lowest BCUT2D eigenvalue weighted by molar-refractivity contribution is 0.900. The van der Waals surface area contributed by atoms with E-state index in [1.165, 1.54) is 0 Å². The van der Waals surface area contributed by atoms with Crippen molar-refractivity contribution in [2.24, 2.45) is 4.99 Å². The Bertz CT molecular complexity index is 223. The summed E-state index contributed by atoms with van der Waals surface area (Å²) in [5, 5.41) is 0. The smallest absolute Gasteiger partial charge is 0.229 e. The normalized spacial score (nSPS) is 14.5. The number of fused-ring (bicyclic) bond motifs is 1. The van der Waals surface area contributed by atoms with Gasteiger partial charge in [-0.05, 0) is 0 Å². The van der Waals surface area contributed by atoms with Crippen molar-refractivity contribution >= 4 is 12.2 Å². The topological polar surface area (TPSA) is 30.2 Å². The maximum absolute atomic E-state index is 3.99. The first-order chi connectivity index (χ1) is 3.97. The molecule has 0 saturated heterocycles. The lowest BCUT2D eigenvalue weighted by atomic mass is 10.7. The summed E-state index contributed by atoms with van der Waals surface area (Å²) in [7, 11) is 0. The predicted octanol–water partition coefficient (Wildman–Crippen LogP) is 0.599. The van der Waals surface area contributed by atoms with Crippen LogP contribution >= 0.6 is 0 Å². The molecule has 0 unspecified atom stereocenters. The van der Waals surface area contributed by atoms with Crippen LogP contribution in [0.15, 0.2) is 17.4 Å². The molecule has 2 heterocycles. The molecule has 0 radical (unpaired) electrons. The van der Waals surface area contributed by atoms with Gasteiger partial charge in [0.05, 0.1) is 6.54 Å². The fourth-order valence-electron chi connectivity index (χ4n) is 0.782. The van der Waals surface area contributed by atoms with Gasteiger partial charge in [0, 0.05) is 18.6 Å². The summed E-state index contributed by atoms with van der Waals surface area (Å²) >= 11 is 0. The Hall–Kier alpha value is -1.12. The number of aromatic nitrogens is 2. The number of aliphatic imine (C=N–C) groups is 1. The number of hydrogen-bond donors (Lipinski definition) is 0. The minimum Gasteiger partial charge on any atom is -0.310 e. The van der Waals surface area contributed by atoms with Crippen LogP contribution in [0.1, 0.15) is 0 Å². The van der Waals surface area contributed by atoms with Gasteiger partial charge in [0.2, 0.25) is 5.95 Å². The largest absolute Gasteiger partial charge is 0.310 e. The van der Waals surface area contributed by atoms with Gasteiger partial charge in [-0.1, -0.05) is 0 Å². The standard InChI is InChI=1S/C5H5N3/c1-3-8-4-2-7-5(8)6-1/h1-3H,4H2. The van der Waals surface area contributed by atoms with Crippen LogP contribution in [0.4, 0.5) is 5.95 Å². The number of rotatable bonds is 0. The first kappa shape index (κ1) is 3.83. The Kier molecular flexibility index (Phi) is 0.566. The first-order valence-electron chi connectivity index (χ1n) is 2.50. The Labute approximate surface area is 46.7 Å². The van der Waals surface area contributed by atoms with Crippen molar-refractivity contribution in [2.75, 3.05) is 0 Å². The molecule has 0 aliphatic carbocycles. The minimum absolute atomic E-state index is 0.824. The van der Waals surface area contributed by atoms with Crippen molar-refractivity contribution < 1.29 is 0 Å². The molecule has 1 aromatic rings. The molecule has 2 rings (SSSR count). The van der Waals surface area contributed by atoms with Gasteiger partial charge in [-0.2, -0.15) is 0 Å². The average molecular weight is 107 g/mol. The molecule has 1 aliphatic heterocycles. The van der Waals surface area contributed by atoms with Gasteiger partial charge in [-0.3, -0.25) is 0 Å². The van der Waals surface area contributed by atoms with Crippen molar-refractivity contribution in [1.82, 2.24) is 9.55 Å². The zero-order valence-electron chi connectivity index (χ0n) is 4.28. The predicted molar refractivity (Wildman–Crippen MR) is 30.4 cm³/mol. The van der Waals surface area contributed by atoms with E-state index in [0.29, 0.717) is 0 Å². The van der Waals surface area contributed by atoms with E-state index in [4.69, 9.17) is 0 Å². The van der Waals surface area contributed by atoms with Crippen LogP contribution in [0.2, 0.25) is 0 Å². The SMILES string of the molecule is C1=Nc2nccn2C1. The highest BCUT2D eigenvalue weighted by Gasteiger charge is 2.02. The zero-order valence-corrected chi connectivity index (χ0v) is 4.28. The Morgan fingerprint density at radius 1 is 1.62 bits per heavy atom. The molecule has 0 aromatic carbocycles. The first-order valence-corrected chi connectivity index (χ1v) is 2.50. The Morgan fingerprint density at radius 2 is 2.62 bits per heavy atom. The molecule has 0 amide bonds. The molecule has 0 N–H and O–H groups in total. The van der Waals surface area contributed by atoms with E-state index in [-0.39, 0.29) is 0 Å². The van der Waals surface area contributed by atoms with Gasteiger partial charge in [0.25, 0.3) is 0 Å². The molecule has 3 heteroatoms. The number of imidazole rings is 1. The van der Waals surface area contributed by atoms with Crippen molar-refractivity contribution in [3.63, 3.8) is 0 Å². The summed E-state index contributed by atoms with van der Waals surface area (Å²) in [6, 6.07) is 0. The van der Waals surface area contributed by atoms with Crippen LogP contribution < -0.4 is 0 Å². The molecule has 0 spiro atoms. The number of nitrogens with zero attached hydrogens (tertiary/aromatic N) is 3. The van der Waals surface area contributed by atoms with Crippen LogP contribution in [-0.4, -0.2) is 15.8 Å². The molecule has 40 valence electrons. The Balaban J connectivity index is 2.67. The maximum atomic E-state index is 3.99. The summed E-state index contributed by atoms with van der Waals surface area (Å²) in [6.45, 7) is 0.884. The molecule has 0 fully saturated rings. The maximum Gasteiger partial charge on any atom is 0.229 e. The van der Waals surface area contributed by atoms with Crippen LogP contribution in [0.25, 0.3) is 0 Å². The van der Waals surface area contributed by atoms with Crippen LogP contribution in [-0.2, 0) is 6.54 Å². The van der Waals surface area contributed by atoms with Gasteiger partial charge in [-0.25, -0.2) is 9.98 Å². The van der Waals surface area contributed by atoms with Gasteiger partial charge in [0.1, 0.15) is 0 Å². The lowest BCUT2D eigenvalue weighted by Crippen LogP contribution is -1.87. The molecular weight excluding hydrogens is 102 g/mol. The lowest BCUT2D eigenvalue weighted by Gasteiger charge is -1.86. The zero-order chi connectivity index (χ0) is 5.40. The van der Waals surface area contributed by atoms with Crippen LogP contribution in [0.5, 0.6) is 0 Å². The summed E-state index contributed by atoms with van der Waals surface area (Å²) in [5.74, 6) is 0.824. The highest BCUT2D eigenvalue weighted by atomic mass is 15.2. The fourth-order valence-corrected chi connectivity index (χ4v) is 0.782. The fraction of sp³-hybridized carbons (Fsp3) is 0.200. The minimum atomic E-state index is 0.824. The molecule has 8 heavy (non-hydrogen) atoms. The van der Waals surface area contributed by atoms with Gasteiger partial charge < -0.3 is 4.57 Å². The molecule has 3 nitrogen and oxygen atoms in total. The molecule has 1 aliphatic rings. The highest BCUT2D eigenvalue weighted by Crippen LogP contribution is 2.10. The van der Waals surface area contributed by atoms with Crippen LogP contribution in [0, 0.1) is 0 Å². The van der Waals surface area contributed by atoms with Crippen LogP contribution in [0.3, 0.4) is 0 Å².